The van der Waals surface area contributed by atoms with Gasteiger partial charge in [0.25, 0.3) is 0 Å². The number of hydrogen-bond acceptors (Lipinski definition) is 4. The third-order valence-corrected chi connectivity index (χ3v) is 6.25. The standard InChI is InChI=1S/C18H28N2O4S/c1-4-14(3)15-6-8-17(9-7-15)25(22,23)19-16-10-12-20(13-11-16)18(21)24-5-2/h6-9,14,16,19H,4-5,10-13H2,1-3H3. The van der Waals surface area contributed by atoms with Gasteiger partial charge in [0.05, 0.1) is 11.5 Å². The molecule has 1 unspecified atom stereocenters. The molecule has 0 aliphatic carbocycles. The number of carbonyl (C=O) groups is 1. The Bertz CT molecular complexity index is 665. The zero-order valence-electron chi connectivity index (χ0n) is 15.2. The molecular formula is C18H28N2O4S. The Morgan fingerprint density at radius 1 is 1.24 bits per heavy atom. The second-order valence-corrected chi connectivity index (χ2v) is 8.17. The first-order chi connectivity index (χ1) is 11.9. The number of nitrogens with one attached hydrogen (secondary N) is 1. The monoisotopic (exact) mass is 368 g/mol. The Morgan fingerprint density at radius 3 is 2.36 bits per heavy atom. The van der Waals surface area contributed by atoms with Crippen molar-refractivity contribution in [1.82, 2.24) is 9.62 Å². The lowest BCUT2D eigenvalue weighted by Crippen LogP contribution is -2.46. The molecule has 1 aliphatic rings. The molecule has 0 saturated carbocycles. The van der Waals surface area contributed by atoms with Crippen LogP contribution < -0.4 is 4.72 Å². The molecule has 1 fully saturated rings. The van der Waals surface area contributed by atoms with E-state index in [9.17, 15) is 13.2 Å². The van der Waals surface area contributed by atoms with Crippen molar-refractivity contribution in [3.05, 3.63) is 29.8 Å². The van der Waals surface area contributed by atoms with Crippen LogP contribution in [0.1, 0.15) is 51.5 Å². The van der Waals surface area contributed by atoms with Crippen molar-refractivity contribution < 1.29 is 17.9 Å². The van der Waals surface area contributed by atoms with Crippen LogP contribution in [-0.4, -0.2) is 45.1 Å². The topological polar surface area (TPSA) is 75.7 Å². The number of nitrogens with zero attached hydrogens (tertiary/aromatic N) is 1. The summed E-state index contributed by atoms with van der Waals surface area (Å²) in [5.74, 6) is 0.414. The van der Waals surface area contributed by atoms with Crippen LogP contribution in [0.15, 0.2) is 29.2 Å². The van der Waals surface area contributed by atoms with Crippen LogP contribution in [0.4, 0.5) is 4.79 Å². The fourth-order valence-electron chi connectivity index (χ4n) is 2.89. The second-order valence-electron chi connectivity index (χ2n) is 6.46. The molecule has 1 amide bonds. The molecule has 1 saturated heterocycles. The van der Waals surface area contributed by atoms with Gasteiger partial charge in [-0.15, -0.1) is 0 Å². The van der Waals surface area contributed by atoms with E-state index in [1.807, 2.05) is 12.1 Å². The summed E-state index contributed by atoms with van der Waals surface area (Å²) in [6.07, 6.45) is 1.86. The fourth-order valence-corrected chi connectivity index (χ4v) is 4.20. The highest BCUT2D eigenvalue weighted by Crippen LogP contribution is 2.21. The van der Waals surface area contributed by atoms with Crippen LogP contribution >= 0.6 is 0 Å². The molecule has 7 heteroatoms. The van der Waals surface area contributed by atoms with Crippen LogP contribution in [0.25, 0.3) is 0 Å². The van der Waals surface area contributed by atoms with Gasteiger partial charge < -0.3 is 9.64 Å². The molecule has 140 valence electrons. The van der Waals surface area contributed by atoms with Crippen LogP contribution in [0, 0.1) is 0 Å². The minimum absolute atomic E-state index is 0.162. The molecule has 1 N–H and O–H groups in total. The lowest BCUT2D eigenvalue weighted by Gasteiger charge is -2.31. The average Bonchev–Trinajstić information content (AvgIpc) is 2.61. The molecule has 1 aromatic rings. The molecule has 0 spiro atoms. The highest BCUT2D eigenvalue weighted by Gasteiger charge is 2.27. The van der Waals surface area contributed by atoms with Gasteiger partial charge in [-0.3, -0.25) is 0 Å². The van der Waals surface area contributed by atoms with Crippen molar-refractivity contribution >= 4 is 16.1 Å². The molecule has 0 radical (unpaired) electrons. The van der Waals surface area contributed by atoms with Crippen LogP contribution in [0.2, 0.25) is 0 Å². The maximum absolute atomic E-state index is 12.6. The quantitative estimate of drug-likeness (QED) is 0.837. The van der Waals surface area contributed by atoms with Gasteiger partial charge >= 0.3 is 6.09 Å². The molecule has 25 heavy (non-hydrogen) atoms. The van der Waals surface area contributed by atoms with E-state index in [0.29, 0.717) is 38.5 Å². The number of rotatable bonds is 6. The fraction of sp³-hybridized carbons (Fsp3) is 0.611. The predicted molar refractivity (Wildman–Crippen MR) is 97.1 cm³/mol. The van der Waals surface area contributed by atoms with Gasteiger partial charge in [0.2, 0.25) is 10.0 Å². The van der Waals surface area contributed by atoms with Crippen molar-refractivity contribution in [3.63, 3.8) is 0 Å². The van der Waals surface area contributed by atoms with E-state index in [-0.39, 0.29) is 17.0 Å². The van der Waals surface area contributed by atoms with E-state index in [4.69, 9.17) is 4.74 Å². The second kappa shape index (κ2) is 8.67. The number of ether oxygens (including phenoxy) is 1. The van der Waals surface area contributed by atoms with Gasteiger partial charge in [-0.05, 0) is 49.8 Å². The van der Waals surface area contributed by atoms with Crippen molar-refractivity contribution in [2.45, 2.75) is 56.9 Å². The van der Waals surface area contributed by atoms with Gasteiger partial charge in [0, 0.05) is 19.1 Å². The normalized spacial score (nSPS) is 17.3. The molecule has 2 rings (SSSR count). The predicted octanol–water partition coefficient (Wildman–Crippen LogP) is 3.10. The van der Waals surface area contributed by atoms with E-state index in [1.54, 1.807) is 24.0 Å². The lowest BCUT2D eigenvalue weighted by atomic mass is 9.99. The van der Waals surface area contributed by atoms with E-state index < -0.39 is 10.0 Å². The largest absolute Gasteiger partial charge is 0.450 e. The van der Waals surface area contributed by atoms with Crippen molar-refractivity contribution in [3.8, 4) is 0 Å². The zero-order valence-corrected chi connectivity index (χ0v) is 16.0. The van der Waals surface area contributed by atoms with Gasteiger partial charge in [0.15, 0.2) is 0 Å². The van der Waals surface area contributed by atoms with E-state index in [2.05, 4.69) is 18.6 Å². The van der Waals surface area contributed by atoms with Gasteiger partial charge in [-0.1, -0.05) is 26.0 Å². The highest BCUT2D eigenvalue weighted by molar-refractivity contribution is 7.89. The summed E-state index contributed by atoms with van der Waals surface area (Å²) in [6, 6.07) is 6.93. The van der Waals surface area contributed by atoms with Crippen molar-refractivity contribution in [2.24, 2.45) is 0 Å². The Kier molecular flexibility index (Phi) is 6.84. The molecular weight excluding hydrogens is 340 g/mol. The maximum atomic E-state index is 12.6. The SMILES string of the molecule is CCOC(=O)N1CCC(NS(=O)(=O)c2ccc(C(C)CC)cc2)CC1. The molecule has 1 aliphatic heterocycles. The Balaban J connectivity index is 1.95. The van der Waals surface area contributed by atoms with E-state index in [1.165, 1.54) is 0 Å². The van der Waals surface area contributed by atoms with Gasteiger partial charge in [-0.2, -0.15) is 0 Å². The lowest BCUT2D eigenvalue weighted by molar-refractivity contribution is 0.0966. The molecule has 6 nitrogen and oxygen atoms in total. The van der Waals surface area contributed by atoms with Gasteiger partial charge in [-0.25, -0.2) is 17.9 Å². The van der Waals surface area contributed by atoms with Crippen molar-refractivity contribution in [2.75, 3.05) is 19.7 Å². The maximum Gasteiger partial charge on any atom is 0.409 e. The number of hydrogen-bond donors (Lipinski definition) is 1. The Labute approximate surface area is 150 Å². The number of amides is 1. The Hall–Kier alpha value is -1.60. The summed E-state index contributed by atoms with van der Waals surface area (Å²) in [4.78, 5) is 13.6. The van der Waals surface area contributed by atoms with Crippen LogP contribution in [0.3, 0.4) is 0 Å². The molecule has 1 aromatic carbocycles. The first-order valence-corrected chi connectivity index (χ1v) is 10.4. The first kappa shape index (κ1) is 19.7. The van der Waals surface area contributed by atoms with E-state index >= 15 is 0 Å². The Morgan fingerprint density at radius 2 is 1.84 bits per heavy atom. The number of piperidine rings is 1. The zero-order chi connectivity index (χ0) is 18.4. The minimum Gasteiger partial charge on any atom is -0.450 e. The summed E-state index contributed by atoms with van der Waals surface area (Å²) in [5.41, 5.74) is 1.14. The third kappa shape index (κ3) is 5.19. The van der Waals surface area contributed by atoms with E-state index in [0.717, 1.165) is 12.0 Å². The third-order valence-electron chi connectivity index (χ3n) is 4.71. The summed E-state index contributed by atoms with van der Waals surface area (Å²) in [5, 5.41) is 0. The minimum atomic E-state index is -3.54. The summed E-state index contributed by atoms with van der Waals surface area (Å²) in [6.45, 7) is 7.35. The summed E-state index contributed by atoms with van der Waals surface area (Å²) >= 11 is 0. The summed E-state index contributed by atoms with van der Waals surface area (Å²) in [7, 11) is -3.54. The molecule has 1 atom stereocenters. The van der Waals surface area contributed by atoms with Gasteiger partial charge in [0.1, 0.15) is 0 Å². The number of likely N-dealkylation sites (tertiary alicyclic amines) is 1. The van der Waals surface area contributed by atoms with Crippen LogP contribution in [-0.2, 0) is 14.8 Å². The average molecular weight is 368 g/mol. The van der Waals surface area contributed by atoms with Crippen LogP contribution in [0.5, 0.6) is 0 Å². The number of benzene rings is 1. The van der Waals surface area contributed by atoms with Crippen molar-refractivity contribution in [1.29, 1.82) is 0 Å². The summed E-state index contributed by atoms with van der Waals surface area (Å²) < 4.78 is 32.8. The molecule has 0 bridgehead atoms. The molecule has 1 heterocycles. The molecule has 0 aromatic heterocycles. The highest BCUT2D eigenvalue weighted by atomic mass is 32.2. The smallest absolute Gasteiger partial charge is 0.409 e. The number of carbonyl (C=O) groups excluding carboxylic acids is 1. The number of sulfonamides is 1. The first-order valence-electron chi connectivity index (χ1n) is 8.91.